The molecule has 132 valence electrons. The lowest BCUT2D eigenvalue weighted by molar-refractivity contribution is -0.152. The van der Waals surface area contributed by atoms with Crippen LogP contribution < -0.4 is 10.1 Å². The Morgan fingerprint density at radius 3 is 2.28 bits per heavy atom. The van der Waals surface area contributed by atoms with Crippen molar-refractivity contribution >= 4 is 17.6 Å². The smallest absolute Gasteiger partial charge is 0.311 e. The highest BCUT2D eigenvalue weighted by molar-refractivity contribution is 5.95. The van der Waals surface area contributed by atoms with Crippen molar-refractivity contribution < 1.29 is 19.1 Å². The number of anilines is 1. The molecule has 1 N–H and O–H groups in total. The van der Waals surface area contributed by atoms with E-state index in [1.165, 1.54) is 0 Å². The Hall–Kier alpha value is -2.82. The zero-order chi connectivity index (χ0) is 18.2. The predicted molar refractivity (Wildman–Crippen MR) is 96.7 cm³/mol. The van der Waals surface area contributed by atoms with E-state index in [1.54, 1.807) is 31.2 Å². The van der Waals surface area contributed by atoms with Crippen LogP contribution >= 0.6 is 0 Å². The van der Waals surface area contributed by atoms with Gasteiger partial charge in [-0.3, -0.25) is 9.59 Å². The van der Waals surface area contributed by atoms with Gasteiger partial charge in [-0.25, -0.2) is 0 Å². The first-order valence-corrected chi connectivity index (χ1v) is 8.26. The first-order valence-electron chi connectivity index (χ1n) is 8.26. The summed E-state index contributed by atoms with van der Waals surface area (Å²) in [5.74, 6) is -0.0716. The number of ether oxygens (including phenoxy) is 2. The fourth-order valence-electron chi connectivity index (χ4n) is 2.21. The van der Waals surface area contributed by atoms with E-state index in [4.69, 9.17) is 9.47 Å². The molecule has 5 heteroatoms. The normalized spacial score (nSPS) is 11.5. The summed E-state index contributed by atoms with van der Waals surface area (Å²) in [5.41, 5.74) is 2.60. The van der Waals surface area contributed by atoms with Crippen molar-refractivity contribution in [2.45, 2.75) is 33.3 Å². The van der Waals surface area contributed by atoms with Crippen molar-refractivity contribution in [3.63, 3.8) is 0 Å². The topological polar surface area (TPSA) is 64.6 Å². The maximum Gasteiger partial charge on any atom is 0.311 e. The zero-order valence-electron chi connectivity index (χ0n) is 14.7. The number of benzene rings is 2. The second-order valence-electron chi connectivity index (χ2n) is 5.74. The van der Waals surface area contributed by atoms with Crippen LogP contribution in [0.4, 0.5) is 5.69 Å². The largest absolute Gasteiger partial charge is 0.494 e. The summed E-state index contributed by atoms with van der Waals surface area (Å²) < 4.78 is 10.6. The van der Waals surface area contributed by atoms with E-state index < -0.39 is 12.1 Å². The van der Waals surface area contributed by atoms with Gasteiger partial charge in [-0.2, -0.15) is 0 Å². The Morgan fingerprint density at radius 2 is 1.68 bits per heavy atom. The number of hydrogen-bond acceptors (Lipinski definition) is 4. The second kappa shape index (κ2) is 8.87. The molecule has 0 aliphatic rings. The maximum absolute atomic E-state index is 12.1. The van der Waals surface area contributed by atoms with Crippen LogP contribution in [0.25, 0.3) is 0 Å². The molecular formula is C20H23NO4. The van der Waals surface area contributed by atoms with E-state index in [0.29, 0.717) is 12.3 Å². The van der Waals surface area contributed by atoms with Crippen LogP contribution in [-0.4, -0.2) is 24.6 Å². The van der Waals surface area contributed by atoms with Gasteiger partial charge in [0.05, 0.1) is 13.0 Å². The molecule has 0 fully saturated rings. The van der Waals surface area contributed by atoms with Crippen molar-refractivity contribution in [1.82, 2.24) is 0 Å². The maximum atomic E-state index is 12.1. The molecule has 0 aliphatic heterocycles. The van der Waals surface area contributed by atoms with Crippen molar-refractivity contribution in [3.8, 4) is 5.75 Å². The molecule has 0 radical (unpaired) electrons. The van der Waals surface area contributed by atoms with Gasteiger partial charge in [0.2, 0.25) is 0 Å². The molecule has 0 saturated heterocycles. The molecule has 0 bridgehead atoms. The van der Waals surface area contributed by atoms with E-state index >= 15 is 0 Å². The Labute approximate surface area is 148 Å². The molecule has 2 aromatic carbocycles. The number of nitrogens with one attached hydrogen (secondary N) is 1. The van der Waals surface area contributed by atoms with Crippen LogP contribution in [-0.2, 0) is 20.7 Å². The van der Waals surface area contributed by atoms with Gasteiger partial charge in [-0.1, -0.05) is 29.8 Å². The van der Waals surface area contributed by atoms with Crippen molar-refractivity contribution in [2.75, 3.05) is 11.9 Å². The van der Waals surface area contributed by atoms with E-state index in [0.717, 1.165) is 16.9 Å². The minimum Gasteiger partial charge on any atom is -0.494 e. The third-order valence-electron chi connectivity index (χ3n) is 3.58. The highest BCUT2D eigenvalue weighted by Gasteiger charge is 2.18. The third kappa shape index (κ3) is 5.95. The van der Waals surface area contributed by atoms with Gasteiger partial charge in [-0.05, 0) is 50.6 Å². The summed E-state index contributed by atoms with van der Waals surface area (Å²) in [6.45, 7) is 6.02. The van der Waals surface area contributed by atoms with Crippen molar-refractivity contribution in [3.05, 3.63) is 59.7 Å². The predicted octanol–water partition coefficient (Wildman–Crippen LogP) is 3.51. The van der Waals surface area contributed by atoms with E-state index in [-0.39, 0.29) is 12.3 Å². The van der Waals surface area contributed by atoms with Gasteiger partial charge in [0.1, 0.15) is 5.75 Å². The van der Waals surface area contributed by atoms with E-state index in [1.807, 2.05) is 38.1 Å². The van der Waals surface area contributed by atoms with E-state index in [9.17, 15) is 9.59 Å². The number of aryl methyl sites for hydroxylation is 1. The van der Waals surface area contributed by atoms with Gasteiger partial charge >= 0.3 is 5.97 Å². The first kappa shape index (κ1) is 18.5. The fraction of sp³-hybridized carbons (Fsp3) is 0.300. The summed E-state index contributed by atoms with van der Waals surface area (Å²) >= 11 is 0. The lowest BCUT2D eigenvalue weighted by Gasteiger charge is -2.14. The molecule has 5 nitrogen and oxygen atoms in total. The molecule has 1 atom stereocenters. The molecule has 0 saturated carbocycles. The summed E-state index contributed by atoms with van der Waals surface area (Å²) in [5, 5.41) is 2.72. The number of hydrogen-bond donors (Lipinski definition) is 1. The Bertz CT molecular complexity index is 707. The van der Waals surface area contributed by atoms with Gasteiger partial charge in [0.15, 0.2) is 6.10 Å². The monoisotopic (exact) mass is 341 g/mol. The minimum atomic E-state index is -0.871. The molecule has 0 aromatic heterocycles. The first-order chi connectivity index (χ1) is 12.0. The second-order valence-corrected chi connectivity index (χ2v) is 5.74. The molecule has 1 amide bonds. The molecule has 2 aromatic rings. The number of amides is 1. The summed E-state index contributed by atoms with van der Waals surface area (Å²) in [7, 11) is 0. The van der Waals surface area contributed by atoms with Crippen LogP contribution in [0.3, 0.4) is 0 Å². The van der Waals surface area contributed by atoms with Crippen LogP contribution in [0.1, 0.15) is 25.0 Å². The average Bonchev–Trinajstić information content (AvgIpc) is 2.59. The van der Waals surface area contributed by atoms with Crippen molar-refractivity contribution in [2.24, 2.45) is 0 Å². The van der Waals surface area contributed by atoms with Crippen LogP contribution in [0.2, 0.25) is 0 Å². The lowest BCUT2D eigenvalue weighted by atomic mass is 10.1. The Morgan fingerprint density at radius 1 is 1.04 bits per heavy atom. The van der Waals surface area contributed by atoms with Crippen LogP contribution in [0.15, 0.2) is 48.5 Å². The summed E-state index contributed by atoms with van der Waals surface area (Å²) in [6.07, 6.45) is -0.731. The Kier molecular flexibility index (Phi) is 6.57. The third-order valence-corrected chi connectivity index (χ3v) is 3.58. The standard InChI is InChI=1S/C20H23NO4/c1-4-24-18-11-9-17(10-12-18)21-20(23)15(3)25-19(22)13-16-7-5-14(2)6-8-16/h5-12,15H,4,13H2,1-3H3,(H,21,23)/t15-/m1/s1. The van der Waals surface area contributed by atoms with Gasteiger partial charge in [0, 0.05) is 5.69 Å². The van der Waals surface area contributed by atoms with E-state index in [2.05, 4.69) is 5.32 Å². The van der Waals surface area contributed by atoms with Gasteiger partial charge in [0.25, 0.3) is 5.91 Å². The minimum absolute atomic E-state index is 0.140. The zero-order valence-corrected chi connectivity index (χ0v) is 14.7. The van der Waals surface area contributed by atoms with Crippen molar-refractivity contribution in [1.29, 1.82) is 0 Å². The van der Waals surface area contributed by atoms with Gasteiger partial charge < -0.3 is 14.8 Å². The summed E-state index contributed by atoms with van der Waals surface area (Å²) in [4.78, 5) is 24.1. The Balaban J connectivity index is 1.84. The van der Waals surface area contributed by atoms with Crippen LogP contribution in [0, 0.1) is 6.92 Å². The SMILES string of the molecule is CCOc1ccc(NC(=O)[C@@H](C)OC(=O)Cc2ccc(C)cc2)cc1. The highest BCUT2D eigenvalue weighted by atomic mass is 16.5. The number of carbonyl (C=O) groups excluding carboxylic acids is 2. The summed E-state index contributed by atoms with van der Waals surface area (Å²) in [6, 6.07) is 14.6. The number of esters is 1. The van der Waals surface area contributed by atoms with Gasteiger partial charge in [-0.15, -0.1) is 0 Å². The quantitative estimate of drug-likeness (QED) is 0.783. The lowest BCUT2D eigenvalue weighted by Crippen LogP contribution is -2.30. The molecule has 0 unspecified atom stereocenters. The molecule has 0 spiro atoms. The number of rotatable bonds is 7. The number of carbonyl (C=O) groups is 2. The molecular weight excluding hydrogens is 318 g/mol. The highest BCUT2D eigenvalue weighted by Crippen LogP contribution is 2.16. The molecule has 25 heavy (non-hydrogen) atoms. The fourth-order valence-corrected chi connectivity index (χ4v) is 2.21. The molecule has 2 rings (SSSR count). The average molecular weight is 341 g/mol. The molecule has 0 aliphatic carbocycles. The van der Waals surface area contributed by atoms with Crippen LogP contribution in [0.5, 0.6) is 5.75 Å². The molecule has 0 heterocycles.